The van der Waals surface area contributed by atoms with E-state index < -0.39 is 17.2 Å². The van der Waals surface area contributed by atoms with E-state index in [9.17, 15) is 13.9 Å². The number of hydrogen-bond donors (Lipinski definition) is 1. The third-order valence-corrected chi connectivity index (χ3v) is 5.94. The highest BCUT2D eigenvalue weighted by Crippen LogP contribution is 2.34. The predicted octanol–water partition coefficient (Wildman–Crippen LogP) is 4.05. The van der Waals surface area contributed by atoms with Gasteiger partial charge in [0.1, 0.15) is 29.9 Å². The number of nitrogens with zero attached hydrogens (tertiary/aromatic N) is 4. The summed E-state index contributed by atoms with van der Waals surface area (Å²) in [6.07, 6.45) is 10.6. The summed E-state index contributed by atoms with van der Waals surface area (Å²) in [5, 5.41) is 15.8. The van der Waals surface area contributed by atoms with Crippen LogP contribution in [0.4, 0.5) is 8.78 Å². The summed E-state index contributed by atoms with van der Waals surface area (Å²) in [6.45, 7) is 5.70. The molecule has 1 N–H and O–H groups in total. The Morgan fingerprint density at radius 1 is 1.28 bits per heavy atom. The van der Waals surface area contributed by atoms with Crippen molar-refractivity contribution in [3.05, 3.63) is 59.7 Å². The number of rotatable bonds is 8. The molecule has 2 atom stereocenters. The van der Waals surface area contributed by atoms with Crippen LogP contribution in [0.2, 0.25) is 0 Å². The van der Waals surface area contributed by atoms with E-state index in [1.54, 1.807) is 0 Å². The summed E-state index contributed by atoms with van der Waals surface area (Å²) in [7, 11) is 0. The maximum absolute atomic E-state index is 14.7. The number of halogens is 2. The summed E-state index contributed by atoms with van der Waals surface area (Å²) >= 11 is 0. The zero-order valence-electron chi connectivity index (χ0n) is 17.2. The van der Waals surface area contributed by atoms with Gasteiger partial charge in [-0.15, -0.1) is 0 Å². The molecule has 0 bridgehead atoms. The van der Waals surface area contributed by atoms with Gasteiger partial charge in [-0.05, 0) is 32.3 Å². The van der Waals surface area contributed by atoms with Crippen LogP contribution >= 0.6 is 0 Å². The van der Waals surface area contributed by atoms with Crippen LogP contribution in [0.25, 0.3) is 0 Å². The molecule has 5 nitrogen and oxygen atoms in total. The maximum atomic E-state index is 14.7. The summed E-state index contributed by atoms with van der Waals surface area (Å²) in [6, 6.07) is 2.95. The van der Waals surface area contributed by atoms with Gasteiger partial charge >= 0.3 is 0 Å². The number of aliphatic hydroxyl groups is 1. The van der Waals surface area contributed by atoms with Crippen molar-refractivity contribution in [2.45, 2.75) is 64.1 Å². The first-order valence-electron chi connectivity index (χ1n) is 10.4. The van der Waals surface area contributed by atoms with Crippen molar-refractivity contribution in [1.82, 2.24) is 19.7 Å². The van der Waals surface area contributed by atoms with Gasteiger partial charge < -0.3 is 5.11 Å². The van der Waals surface area contributed by atoms with Crippen LogP contribution in [-0.2, 0) is 12.1 Å². The van der Waals surface area contributed by atoms with E-state index in [0.29, 0.717) is 0 Å². The van der Waals surface area contributed by atoms with E-state index in [1.807, 2.05) is 6.92 Å². The molecule has 7 heteroatoms. The second-order valence-corrected chi connectivity index (χ2v) is 7.86. The van der Waals surface area contributed by atoms with Gasteiger partial charge in [0.25, 0.3) is 0 Å². The van der Waals surface area contributed by atoms with Crippen molar-refractivity contribution >= 4 is 0 Å². The van der Waals surface area contributed by atoms with Crippen LogP contribution in [0.1, 0.15) is 51.5 Å². The van der Waals surface area contributed by atoms with Gasteiger partial charge in [0.05, 0.1) is 6.54 Å². The van der Waals surface area contributed by atoms with E-state index in [1.165, 1.54) is 47.9 Å². The van der Waals surface area contributed by atoms with Crippen molar-refractivity contribution in [3.8, 4) is 0 Å². The molecule has 1 aliphatic rings. The molecule has 0 aliphatic carbocycles. The predicted molar refractivity (Wildman–Crippen MR) is 108 cm³/mol. The Labute approximate surface area is 171 Å². The molecule has 0 radical (unpaired) electrons. The molecule has 1 saturated heterocycles. The number of allylic oxidation sites excluding steroid dienone is 1. The fourth-order valence-electron chi connectivity index (χ4n) is 4.06. The largest absolute Gasteiger partial charge is 0.381 e. The van der Waals surface area contributed by atoms with E-state index in [-0.39, 0.29) is 18.2 Å². The quantitative estimate of drug-likeness (QED) is 0.533. The van der Waals surface area contributed by atoms with Crippen molar-refractivity contribution < 1.29 is 13.9 Å². The summed E-state index contributed by atoms with van der Waals surface area (Å²) in [5.41, 5.74) is -0.0459. The third-order valence-electron chi connectivity index (χ3n) is 5.94. The van der Waals surface area contributed by atoms with E-state index in [0.717, 1.165) is 38.4 Å². The van der Waals surface area contributed by atoms with Crippen molar-refractivity contribution in [1.29, 1.82) is 0 Å². The minimum Gasteiger partial charge on any atom is -0.381 e. The molecule has 0 spiro atoms. The molecule has 2 aromatic rings. The highest BCUT2D eigenvalue weighted by atomic mass is 19.1. The molecular formula is C22H30F2N4O. The topological polar surface area (TPSA) is 54.2 Å². The Kier molecular flexibility index (Phi) is 7.14. The van der Waals surface area contributed by atoms with Gasteiger partial charge in [0.2, 0.25) is 0 Å². The molecule has 1 fully saturated rings. The fourth-order valence-corrected chi connectivity index (χ4v) is 4.06. The standard InChI is InChI=1S/C22H30F2N4O/c1-3-4-5-6-18-9-11-27(12-10-18)17(2)22(29,14-28-16-25-15-26-28)20-8-7-19(23)13-21(20)24/h6-8,13,15-17,29H,3-5,9-12,14H2,1-2H3/t17-,22-/m1/s1. The summed E-state index contributed by atoms with van der Waals surface area (Å²) in [5.74, 6) is -1.42. The van der Waals surface area contributed by atoms with Gasteiger partial charge in [-0.25, -0.2) is 18.4 Å². The smallest absolute Gasteiger partial charge is 0.137 e. The van der Waals surface area contributed by atoms with Gasteiger partial charge in [0.15, 0.2) is 0 Å². The lowest BCUT2D eigenvalue weighted by Crippen LogP contribution is -2.53. The molecule has 1 aromatic carbocycles. The van der Waals surface area contributed by atoms with Crippen LogP contribution in [0.3, 0.4) is 0 Å². The Morgan fingerprint density at radius 3 is 2.66 bits per heavy atom. The van der Waals surface area contributed by atoms with Crippen molar-refractivity contribution in [2.24, 2.45) is 0 Å². The second-order valence-electron chi connectivity index (χ2n) is 7.86. The van der Waals surface area contributed by atoms with Crippen LogP contribution in [-0.4, -0.2) is 43.9 Å². The lowest BCUT2D eigenvalue weighted by molar-refractivity contribution is -0.0657. The monoisotopic (exact) mass is 404 g/mol. The number of aromatic nitrogens is 3. The number of hydrogen-bond acceptors (Lipinski definition) is 4. The molecule has 2 heterocycles. The first kappa shape index (κ1) is 21.6. The first-order chi connectivity index (χ1) is 13.9. The second kappa shape index (κ2) is 9.59. The van der Waals surface area contributed by atoms with Crippen LogP contribution in [0.15, 0.2) is 42.5 Å². The van der Waals surface area contributed by atoms with Gasteiger partial charge in [-0.3, -0.25) is 4.90 Å². The van der Waals surface area contributed by atoms with Crippen LogP contribution in [0.5, 0.6) is 0 Å². The molecule has 0 unspecified atom stereocenters. The molecule has 0 amide bonds. The minimum atomic E-state index is -1.57. The number of benzene rings is 1. The fraction of sp³-hybridized carbons (Fsp3) is 0.545. The number of likely N-dealkylation sites (tertiary alicyclic amines) is 1. The van der Waals surface area contributed by atoms with E-state index in [2.05, 4.69) is 28.0 Å². The number of piperidine rings is 1. The average molecular weight is 405 g/mol. The van der Waals surface area contributed by atoms with Crippen molar-refractivity contribution in [2.75, 3.05) is 13.1 Å². The molecule has 29 heavy (non-hydrogen) atoms. The molecular weight excluding hydrogens is 374 g/mol. The molecule has 3 rings (SSSR count). The Hall–Kier alpha value is -2.12. The third kappa shape index (κ3) is 5.08. The van der Waals surface area contributed by atoms with E-state index in [4.69, 9.17) is 0 Å². The first-order valence-corrected chi connectivity index (χ1v) is 10.4. The van der Waals surface area contributed by atoms with Gasteiger partial charge in [0, 0.05) is 30.8 Å². The number of unbranched alkanes of at least 4 members (excludes halogenated alkanes) is 2. The Balaban J connectivity index is 1.82. The molecule has 0 saturated carbocycles. The minimum absolute atomic E-state index is 0.0341. The summed E-state index contributed by atoms with van der Waals surface area (Å²) in [4.78, 5) is 6.10. The van der Waals surface area contributed by atoms with Crippen LogP contribution < -0.4 is 0 Å². The SMILES string of the molecule is CCCCC=C1CCN([C@H](C)[C@](O)(Cn2cncn2)c2ccc(F)cc2F)CC1. The highest BCUT2D eigenvalue weighted by Gasteiger charge is 2.42. The zero-order valence-corrected chi connectivity index (χ0v) is 17.2. The van der Waals surface area contributed by atoms with Crippen molar-refractivity contribution in [3.63, 3.8) is 0 Å². The maximum Gasteiger partial charge on any atom is 0.137 e. The average Bonchev–Trinajstić information content (AvgIpc) is 3.21. The van der Waals surface area contributed by atoms with Gasteiger partial charge in [-0.1, -0.05) is 37.5 Å². The normalized spacial score (nSPS) is 18.4. The summed E-state index contributed by atoms with van der Waals surface area (Å²) < 4.78 is 29.6. The molecule has 1 aliphatic heterocycles. The lowest BCUT2D eigenvalue weighted by atomic mass is 9.84. The molecule has 1 aromatic heterocycles. The highest BCUT2D eigenvalue weighted by molar-refractivity contribution is 5.27. The van der Waals surface area contributed by atoms with Crippen LogP contribution in [0, 0.1) is 11.6 Å². The van der Waals surface area contributed by atoms with E-state index >= 15 is 0 Å². The Bertz CT molecular complexity index is 814. The zero-order chi connectivity index (χ0) is 20.9. The molecule has 158 valence electrons. The van der Waals surface area contributed by atoms with Gasteiger partial charge in [-0.2, -0.15) is 5.10 Å². The Morgan fingerprint density at radius 2 is 2.03 bits per heavy atom. The lowest BCUT2D eigenvalue weighted by Gasteiger charge is -2.43.